The average Bonchev–Trinajstić information content (AvgIpc) is 3.23. The minimum Gasteiger partial charge on any atom is -0.494 e. The number of alkyl halides is 5. The van der Waals surface area contributed by atoms with Crippen molar-refractivity contribution in [2.45, 2.75) is 23.5 Å². The number of nitrogens with zero attached hydrogens (tertiary/aromatic N) is 2. The van der Waals surface area contributed by atoms with Crippen LogP contribution in [0.2, 0.25) is 0 Å². The van der Waals surface area contributed by atoms with Gasteiger partial charge in [-0.25, -0.2) is 17.9 Å². The van der Waals surface area contributed by atoms with E-state index in [2.05, 4.69) is 5.10 Å². The van der Waals surface area contributed by atoms with E-state index in [1.165, 1.54) is 24.3 Å². The van der Waals surface area contributed by atoms with E-state index in [9.17, 15) is 26.0 Å². The van der Waals surface area contributed by atoms with Gasteiger partial charge in [-0.3, -0.25) is 4.68 Å². The summed E-state index contributed by atoms with van der Waals surface area (Å²) in [6.45, 7) is -0.537. The molecule has 0 amide bonds. The quantitative estimate of drug-likeness (QED) is 0.296. The van der Waals surface area contributed by atoms with Crippen LogP contribution in [0.25, 0.3) is 22.4 Å². The molecule has 1 aromatic heterocycles. The van der Waals surface area contributed by atoms with Gasteiger partial charge in [0.2, 0.25) is 10.0 Å². The fourth-order valence-electron chi connectivity index (χ4n) is 3.98. The van der Waals surface area contributed by atoms with Crippen molar-refractivity contribution in [1.29, 1.82) is 0 Å². The fraction of sp³-hybridized carbons (Fsp3) is 0.160. The minimum absolute atomic E-state index is 0.291. The van der Waals surface area contributed by atoms with Crippen molar-refractivity contribution in [3.8, 4) is 28.1 Å². The van der Waals surface area contributed by atoms with Crippen LogP contribution in [-0.2, 0) is 22.5 Å². The van der Waals surface area contributed by atoms with Gasteiger partial charge in [0.05, 0.1) is 18.6 Å². The summed E-state index contributed by atoms with van der Waals surface area (Å²) < 4.78 is 116. The molecule has 0 unspecified atom stereocenters. The largest absolute Gasteiger partial charge is 0.494 e. The van der Waals surface area contributed by atoms with Crippen LogP contribution < -0.4 is 9.88 Å². The molecule has 4 aromatic rings. The van der Waals surface area contributed by atoms with E-state index in [0.29, 0.717) is 16.3 Å². The molecule has 0 saturated carbocycles. The van der Waals surface area contributed by atoms with Gasteiger partial charge in [-0.15, -0.1) is 0 Å². The average molecular weight is 556 g/mol. The van der Waals surface area contributed by atoms with Crippen LogP contribution in [0.3, 0.4) is 0 Å². The normalized spacial score (nSPS) is 12.5. The molecule has 6 nitrogen and oxygen atoms in total. The first-order chi connectivity index (χ1) is 17.8. The topological polar surface area (TPSA) is 87.2 Å². The maximum absolute atomic E-state index is 15.2. The zero-order valence-corrected chi connectivity index (χ0v) is 20.3. The minimum atomic E-state index is -6.07. The van der Waals surface area contributed by atoms with Crippen LogP contribution in [0.4, 0.5) is 26.3 Å². The Morgan fingerprint density at radius 3 is 2.16 bits per heavy atom. The summed E-state index contributed by atoms with van der Waals surface area (Å²) in [6.07, 6.45) is -6.07. The molecule has 0 aliphatic carbocycles. The lowest BCUT2D eigenvalue weighted by Gasteiger charge is -2.22. The highest BCUT2D eigenvalue weighted by molar-refractivity contribution is 7.89. The molecule has 3 aromatic carbocycles. The molecule has 0 bridgehead atoms. The first-order valence-corrected chi connectivity index (χ1v) is 12.4. The van der Waals surface area contributed by atoms with E-state index in [1.807, 2.05) is 0 Å². The second-order valence-electron chi connectivity index (χ2n) is 8.18. The van der Waals surface area contributed by atoms with Gasteiger partial charge < -0.3 is 4.74 Å². The molecule has 1 heterocycles. The number of benzene rings is 3. The lowest BCUT2D eigenvalue weighted by Crippen LogP contribution is -2.36. The van der Waals surface area contributed by atoms with E-state index in [4.69, 9.17) is 9.88 Å². The molecule has 4 rings (SSSR count). The summed E-state index contributed by atoms with van der Waals surface area (Å²) in [7, 11) is -3.33. The second-order valence-corrected chi connectivity index (χ2v) is 9.71. The molecule has 0 aliphatic rings. The highest BCUT2D eigenvalue weighted by Crippen LogP contribution is 2.50. The summed E-state index contributed by atoms with van der Waals surface area (Å²) in [5.41, 5.74) is -3.41. The van der Waals surface area contributed by atoms with Crippen LogP contribution in [0.5, 0.6) is 5.75 Å². The Hall–Kier alpha value is -3.84. The molecule has 0 saturated heterocycles. The van der Waals surface area contributed by atoms with E-state index < -0.39 is 61.9 Å². The van der Waals surface area contributed by atoms with Crippen molar-refractivity contribution >= 4 is 10.0 Å². The SMILES string of the molecule is COc1ccc(-c2c(-c3ccccc3S(N)(=O)=O)nn(Cc3ccccc3)c2C(F)(F)C(F)(F)F)cc1F. The van der Waals surface area contributed by atoms with Gasteiger partial charge in [0.1, 0.15) is 11.4 Å². The third kappa shape index (κ3) is 4.98. The number of halogens is 6. The molecule has 0 atom stereocenters. The van der Waals surface area contributed by atoms with Crippen LogP contribution >= 0.6 is 0 Å². The van der Waals surface area contributed by atoms with E-state index >= 15 is 8.78 Å². The fourth-order valence-corrected chi connectivity index (χ4v) is 4.72. The Morgan fingerprint density at radius 2 is 1.58 bits per heavy atom. The van der Waals surface area contributed by atoms with Crippen molar-refractivity contribution in [2.24, 2.45) is 5.14 Å². The van der Waals surface area contributed by atoms with Crippen LogP contribution in [0, 0.1) is 5.82 Å². The summed E-state index contributed by atoms with van der Waals surface area (Å²) in [6, 6.07) is 15.4. The third-order valence-corrected chi connectivity index (χ3v) is 6.64. The van der Waals surface area contributed by atoms with Gasteiger partial charge >= 0.3 is 12.1 Å². The van der Waals surface area contributed by atoms with Crippen molar-refractivity contribution in [3.05, 3.63) is 89.9 Å². The monoisotopic (exact) mass is 555 g/mol. The first-order valence-electron chi connectivity index (χ1n) is 10.8. The standard InChI is InChI=1S/C25H19F6N3O3S/c1-37-19-12-11-16(13-18(19)26)21-22(17-9-5-6-10-20(17)38(32,35)36)33-34(14-15-7-3-2-4-8-15)23(21)24(27,28)25(29,30)31/h2-13H,14H2,1H3,(H2,32,35,36). The molecule has 0 radical (unpaired) electrons. The Bertz CT molecular complexity index is 1590. The lowest BCUT2D eigenvalue weighted by atomic mass is 9.95. The molecule has 13 heteroatoms. The number of sulfonamides is 1. The third-order valence-electron chi connectivity index (χ3n) is 5.67. The maximum Gasteiger partial charge on any atom is 0.459 e. The molecule has 0 aliphatic heterocycles. The predicted molar refractivity (Wildman–Crippen MR) is 126 cm³/mol. The molecular weight excluding hydrogens is 536 g/mol. The Morgan fingerprint density at radius 1 is 0.947 bits per heavy atom. The van der Waals surface area contributed by atoms with Crippen molar-refractivity contribution in [3.63, 3.8) is 0 Å². The lowest BCUT2D eigenvalue weighted by molar-refractivity contribution is -0.291. The number of hydrogen-bond acceptors (Lipinski definition) is 4. The smallest absolute Gasteiger partial charge is 0.459 e. The van der Waals surface area contributed by atoms with Gasteiger partial charge in [0.25, 0.3) is 0 Å². The summed E-state index contributed by atoms with van der Waals surface area (Å²) in [5, 5.41) is 9.34. The zero-order valence-electron chi connectivity index (χ0n) is 19.5. The number of aromatic nitrogens is 2. The number of methoxy groups -OCH3 is 1. The molecule has 38 heavy (non-hydrogen) atoms. The van der Waals surface area contributed by atoms with E-state index in [-0.39, 0.29) is 11.3 Å². The number of primary sulfonamides is 1. The Kier molecular flexibility index (Phi) is 7.01. The number of ether oxygens (including phenoxy) is 1. The van der Waals surface area contributed by atoms with Crippen LogP contribution in [0.15, 0.2) is 77.7 Å². The Balaban J connectivity index is 2.16. The predicted octanol–water partition coefficient (Wildman–Crippen LogP) is 5.71. The summed E-state index contributed by atoms with van der Waals surface area (Å²) in [4.78, 5) is -0.568. The van der Waals surface area contributed by atoms with E-state index in [0.717, 1.165) is 31.4 Å². The Labute approximate surface area is 213 Å². The summed E-state index contributed by atoms with van der Waals surface area (Å²) in [5.74, 6) is -6.82. The highest BCUT2D eigenvalue weighted by atomic mass is 32.2. The molecular formula is C25H19F6N3O3S. The molecule has 0 spiro atoms. The number of nitrogens with two attached hydrogens (primary N) is 1. The number of rotatable bonds is 7. The molecule has 0 fully saturated rings. The van der Waals surface area contributed by atoms with Gasteiger partial charge in [0, 0.05) is 11.1 Å². The molecule has 2 N–H and O–H groups in total. The van der Waals surface area contributed by atoms with E-state index in [1.54, 1.807) is 18.2 Å². The van der Waals surface area contributed by atoms with Gasteiger partial charge in [-0.05, 0) is 29.3 Å². The van der Waals surface area contributed by atoms with Crippen molar-refractivity contribution in [1.82, 2.24) is 9.78 Å². The second kappa shape index (κ2) is 9.80. The van der Waals surface area contributed by atoms with Crippen LogP contribution in [-0.4, -0.2) is 31.5 Å². The van der Waals surface area contributed by atoms with Gasteiger partial charge in [0.15, 0.2) is 11.6 Å². The first kappa shape index (κ1) is 27.2. The van der Waals surface area contributed by atoms with Crippen LogP contribution in [0.1, 0.15) is 11.3 Å². The summed E-state index contributed by atoms with van der Waals surface area (Å²) >= 11 is 0. The number of hydrogen-bond donors (Lipinski definition) is 1. The van der Waals surface area contributed by atoms with Gasteiger partial charge in [-0.1, -0.05) is 54.6 Å². The van der Waals surface area contributed by atoms with Gasteiger partial charge in [-0.2, -0.15) is 27.1 Å². The maximum atomic E-state index is 15.2. The molecule has 200 valence electrons. The van der Waals surface area contributed by atoms with Crippen molar-refractivity contribution in [2.75, 3.05) is 7.11 Å². The zero-order chi connectivity index (χ0) is 27.9. The highest BCUT2D eigenvalue weighted by Gasteiger charge is 2.62. The van der Waals surface area contributed by atoms with Crippen molar-refractivity contribution < 1.29 is 39.5 Å².